The molecule has 3 aliphatic rings. The van der Waals surface area contributed by atoms with Crippen LogP contribution in [0.1, 0.15) is 42.3 Å². The van der Waals surface area contributed by atoms with Gasteiger partial charge in [-0.1, -0.05) is 0 Å². The molecule has 2 fully saturated rings. The molecular weight excluding hydrogens is 290 g/mol. The van der Waals surface area contributed by atoms with E-state index in [1.165, 1.54) is 0 Å². The summed E-state index contributed by atoms with van der Waals surface area (Å²) in [4.78, 5) is 23.0. The van der Waals surface area contributed by atoms with Gasteiger partial charge in [0.1, 0.15) is 5.82 Å². The molecule has 22 heavy (non-hydrogen) atoms. The molecule has 7 heteroatoms. The second-order valence-corrected chi connectivity index (χ2v) is 6.48. The van der Waals surface area contributed by atoms with E-state index in [-0.39, 0.29) is 5.91 Å². The van der Waals surface area contributed by atoms with Gasteiger partial charge < -0.3 is 4.90 Å². The number of aromatic nitrogens is 2. The van der Waals surface area contributed by atoms with Crippen LogP contribution < -0.4 is 5.32 Å². The van der Waals surface area contributed by atoms with Crippen molar-refractivity contribution in [2.24, 2.45) is 0 Å². The van der Waals surface area contributed by atoms with E-state index in [1.807, 2.05) is 0 Å². The smallest absolute Gasteiger partial charge is 0.262 e. The minimum Gasteiger partial charge on any atom is -0.336 e. The first-order chi connectivity index (χ1) is 10.5. The normalized spacial score (nSPS) is 26.8. The summed E-state index contributed by atoms with van der Waals surface area (Å²) in [7, 11) is 0. The number of carbonyl (C=O) groups is 1. The zero-order valence-corrected chi connectivity index (χ0v) is 12.2. The minimum absolute atomic E-state index is 0.242. The average molecular weight is 308 g/mol. The number of halogens is 2. The summed E-state index contributed by atoms with van der Waals surface area (Å²) in [6.45, 7) is 0.543. The SMILES string of the molecule is O=C(C1CC(F)(F)CN1)N1CCc2nc(C3CC3)ncc2C1. The summed E-state index contributed by atoms with van der Waals surface area (Å²) in [6.07, 6.45) is 4.38. The van der Waals surface area contributed by atoms with Gasteiger partial charge in [0.25, 0.3) is 5.92 Å². The van der Waals surface area contributed by atoms with Gasteiger partial charge in [-0.2, -0.15) is 0 Å². The molecule has 1 saturated carbocycles. The van der Waals surface area contributed by atoms with Gasteiger partial charge in [0.05, 0.1) is 18.3 Å². The molecule has 1 amide bonds. The molecule has 1 aromatic heterocycles. The Morgan fingerprint density at radius 3 is 2.91 bits per heavy atom. The van der Waals surface area contributed by atoms with E-state index in [2.05, 4.69) is 15.3 Å². The van der Waals surface area contributed by atoms with E-state index < -0.39 is 24.9 Å². The summed E-state index contributed by atoms with van der Waals surface area (Å²) in [5, 5.41) is 2.63. The van der Waals surface area contributed by atoms with Gasteiger partial charge >= 0.3 is 0 Å². The number of nitrogens with one attached hydrogen (secondary N) is 1. The van der Waals surface area contributed by atoms with Crippen molar-refractivity contribution >= 4 is 5.91 Å². The maximum atomic E-state index is 13.2. The Morgan fingerprint density at radius 2 is 2.23 bits per heavy atom. The number of fused-ring (bicyclic) bond motifs is 1. The maximum absolute atomic E-state index is 13.2. The standard InChI is InChI=1S/C15H18F2N4O/c16-15(17)5-12(19-8-15)14(22)21-4-3-11-10(7-21)6-18-13(20-11)9-1-2-9/h6,9,12,19H,1-5,7-8H2. The molecular formula is C15H18F2N4O. The molecule has 0 radical (unpaired) electrons. The summed E-state index contributed by atoms with van der Waals surface area (Å²) in [6, 6.07) is -0.775. The van der Waals surface area contributed by atoms with Crippen LogP contribution in [0.2, 0.25) is 0 Å². The van der Waals surface area contributed by atoms with E-state index in [0.29, 0.717) is 25.4 Å². The number of amides is 1. The van der Waals surface area contributed by atoms with Crippen molar-refractivity contribution < 1.29 is 13.6 Å². The highest BCUT2D eigenvalue weighted by Gasteiger charge is 2.44. The van der Waals surface area contributed by atoms with Gasteiger partial charge in [0, 0.05) is 43.6 Å². The topological polar surface area (TPSA) is 58.1 Å². The third-order valence-electron chi connectivity index (χ3n) is 4.61. The fourth-order valence-electron chi connectivity index (χ4n) is 3.17. The van der Waals surface area contributed by atoms with E-state index in [9.17, 15) is 13.6 Å². The molecule has 1 aromatic rings. The Morgan fingerprint density at radius 1 is 1.41 bits per heavy atom. The lowest BCUT2D eigenvalue weighted by molar-refractivity contribution is -0.134. The monoisotopic (exact) mass is 308 g/mol. The molecule has 2 aliphatic heterocycles. The molecule has 0 aromatic carbocycles. The Kier molecular flexibility index (Phi) is 3.14. The molecule has 1 N–H and O–H groups in total. The second-order valence-electron chi connectivity index (χ2n) is 6.48. The van der Waals surface area contributed by atoms with Gasteiger partial charge in [-0.25, -0.2) is 18.7 Å². The first-order valence-corrected chi connectivity index (χ1v) is 7.76. The number of hydrogen-bond acceptors (Lipinski definition) is 4. The highest BCUT2D eigenvalue weighted by Crippen LogP contribution is 2.38. The van der Waals surface area contributed by atoms with Crippen LogP contribution in [0.25, 0.3) is 0 Å². The van der Waals surface area contributed by atoms with Gasteiger partial charge in [-0.05, 0) is 12.8 Å². The van der Waals surface area contributed by atoms with Crippen molar-refractivity contribution in [2.75, 3.05) is 13.1 Å². The lowest BCUT2D eigenvalue weighted by Crippen LogP contribution is -2.45. The number of alkyl halides is 2. The third-order valence-corrected chi connectivity index (χ3v) is 4.61. The molecule has 0 spiro atoms. The molecule has 1 atom stereocenters. The van der Waals surface area contributed by atoms with E-state index in [4.69, 9.17) is 0 Å². The second kappa shape index (κ2) is 4.94. The maximum Gasteiger partial charge on any atom is 0.262 e. The van der Waals surface area contributed by atoms with E-state index >= 15 is 0 Å². The molecule has 1 saturated heterocycles. The van der Waals surface area contributed by atoms with E-state index in [0.717, 1.165) is 29.9 Å². The van der Waals surface area contributed by atoms with Crippen molar-refractivity contribution in [1.29, 1.82) is 0 Å². The largest absolute Gasteiger partial charge is 0.336 e. The molecule has 5 nitrogen and oxygen atoms in total. The highest BCUT2D eigenvalue weighted by molar-refractivity contribution is 5.82. The summed E-state index contributed by atoms with van der Waals surface area (Å²) < 4.78 is 26.5. The summed E-state index contributed by atoms with van der Waals surface area (Å²) in [5.41, 5.74) is 1.94. The Labute approximate surface area is 127 Å². The van der Waals surface area contributed by atoms with Crippen LogP contribution >= 0.6 is 0 Å². The quantitative estimate of drug-likeness (QED) is 0.893. The summed E-state index contributed by atoms with van der Waals surface area (Å²) in [5.74, 6) is -1.60. The van der Waals surface area contributed by atoms with Crippen molar-refractivity contribution in [1.82, 2.24) is 20.2 Å². The van der Waals surface area contributed by atoms with Crippen molar-refractivity contribution in [3.05, 3.63) is 23.3 Å². The van der Waals surface area contributed by atoms with Gasteiger partial charge in [0.15, 0.2) is 0 Å². The first-order valence-electron chi connectivity index (χ1n) is 7.76. The number of carbonyl (C=O) groups excluding carboxylic acids is 1. The van der Waals surface area contributed by atoms with Crippen LogP contribution in [0.15, 0.2) is 6.20 Å². The predicted molar refractivity (Wildman–Crippen MR) is 74.5 cm³/mol. The number of rotatable bonds is 2. The molecule has 4 rings (SSSR count). The first kappa shape index (κ1) is 14.0. The number of hydrogen-bond donors (Lipinski definition) is 1. The van der Waals surface area contributed by atoms with Crippen molar-refractivity contribution in [3.8, 4) is 0 Å². The molecule has 1 aliphatic carbocycles. The van der Waals surface area contributed by atoms with Crippen LogP contribution in [0.3, 0.4) is 0 Å². The third kappa shape index (κ3) is 2.58. The van der Waals surface area contributed by atoms with Gasteiger partial charge in [-0.3, -0.25) is 10.1 Å². The van der Waals surface area contributed by atoms with Gasteiger partial charge in [-0.15, -0.1) is 0 Å². The van der Waals surface area contributed by atoms with Crippen LogP contribution in [0, 0.1) is 0 Å². The van der Waals surface area contributed by atoms with Gasteiger partial charge in [0.2, 0.25) is 5.91 Å². The van der Waals surface area contributed by atoms with Crippen LogP contribution in [0.5, 0.6) is 0 Å². The molecule has 118 valence electrons. The molecule has 1 unspecified atom stereocenters. The lowest BCUT2D eigenvalue weighted by Gasteiger charge is -2.30. The van der Waals surface area contributed by atoms with Crippen LogP contribution in [0.4, 0.5) is 8.78 Å². The van der Waals surface area contributed by atoms with E-state index in [1.54, 1.807) is 11.1 Å². The fraction of sp³-hybridized carbons (Fsp3) is 0.667. The Balaban J connectivity index is 1.46. The average Bonchev–Trinajstić information content (AvgIpc) is 3.29. The van der Waals surface area contributed by atoms with Crippen molar-refractivity contribution in [2.45, 2.75) is 50.1 Å². The Hall–Kier alpha value is -1.63. The zero-order valence-electron chi connectivity index (χ0n) is 12.2. The Bertz CT molecular complexity index is 618. The molecule has 0 bridgehead atoms. The summed E-state index contributed by atoms with van der Waals surface area (Å²) >= 11 is 0. The van der Waals surface area contributed by atoms with Crippen LogP contribution in [-0.2, 0) is 17.8 Å². The minimum atomic E-state index is -2.78. The number of nitrogens with zero attached hydrogens (tertiary/aromatic N) is 3. The predicted octanol–water partition coefficient (Wildman–Crippen LogP) is 1.24. The fourth-order valence-corrected chi connectivity index (χ4v) is 3.17. The van der Waals surface area contributed by atoms with Crippen molar-refractivity contribution in [3.63, 3.8) is 0 Å². The lowest BCUT2D eigenvalue weighted by atomic mass is 10.1. The van der Waals surface area contributed by atoms with Crippen LogP contribution in [-0.4, -0.2) is 45.8 Å². The molecule has 3 heterocycles. The zero-order chi connectivity index (χ0) is 15.3. The highest BCUT2D eigenvalue weighted by atomic mass is 19.3.